The van der Waals surface area contributed by atoms with E-state index in [0.717, 1.165) is 5.56 Å². The molecule has 0 unspecified atom stereocenters. The van der Waals surface area contributed by atoms with Crippen molar-refractivity contribution in [2.75, 3.05) is 11.1 Å². The molecule has 4 rings (SSSR count). The smallest absolute Gasteiger partial charge is 0.347 e. The van der Waals surface area contributed by atoms with Gasteiger partial charge in [-0.05, 0) is 54.1 Å². The largest absolute Gasteiger partial charge is 0.403 e. The number of carbonyl (C=O) groups excluding carboxylic acids is 1. The van der Waals surface area contributed by atoms with Crippen LogP contribution in [0.3, 0.4) is 0 Å². The molecule has 1 heterocycles. The number of carbonyl (C=O) groups is 1. The van der Waals surface area contributed by atoms with Gasteiger partial charge in [-0.2, -0.15) is 0 Å². The second-order valence-electron chi connectivity index (χ2n) is 6.57. The molecule has 0 aliphatic rings. The molecule has 1 amide bonds. The molecule has 4 aromatic rings. The monoisotopic (exact) mass is 436 g/mol. The Labute approximate surface area is 182 Å². The molecular weight excluding hydrogens is 420 g/mol. The van der Waals surface area contributed by atoms with Crippen LogP contribution in [0.4, 0.5) is 5.69 Å². The molecular formula is C23H17ClN2O3S. The fourth-order valence-electron chi connectivity index (χ4n) is 2.92. The molecule has 5 nitrogen and oxygen atoms in total. The van der Waals surface area contributed by atoms with E-state index in [2.05, 4.69) is 10.3 Å². The number of aromatic nitrogens is 1. The average Bonchev–Trinajstić information content (AvgIpc) is 2.74. The third-order valence-corrected chi connectivity index (χ3v) is 5.58. The van der Waals surface area contributed by atoms with Crippen LogP contribution in [0.1, 0.15) is 5.56 Å². The van der Waals surface area contributed by atoms with Crippen molar-refractivity contribution < 1.29 is 9.21 Å². The van der Waals surface area contributed by atoms with Gasteiger partial charge in [0, 0.05) is 22.0 Å². The summed E-state index contributed by atoms with van der Waals surface area (Å²) in [6, 6.07) is 21.7. The Kier molecular flexibility index (Phi) is 6.16. The molecule has 1 aromatic heterocycles. The molecule has 3 aromatic carbocycles. The number of hydrogen-bond donors (Lipinski definition) is 1. The predicted molar refractivity (Wildman–Crippen MR) is 122 cm³/mol. The minimum Gasteiger partial charge on any atom is -0.403 e. The Bertz CT molecular complexity index is 1260. The van der Waals surface area contributed by atoms with Gasteiger partial charge in [-0.15, -0.1) is 11.8 Å². The third kappa shape index (κ3) is 4.90. The van der Waals surface area contributed by atoms with Gasteiger partial charge in [-0.1, -0.05) is 35.9 Å². The normalized spacial score (nSPS) is 10.8. The SMILES string of the molecule is O=C(CSCc1cccc(Cl)c1)Nc1ccc(-c2nc3ccccc3c(=O)o2)cc1. The fourth-order valence-corrected chi connectivity index (χ4v) is 3.91. The highest BCUT2D eigenvalue weighted by molar-refractivity contribution is 7.99. The van der Waals surface area contributed by atoms with Crippen molar-refractivity contribution in [2.45, 2.75) is 5.75 Å². The molecule has 30 heavy (non-hydrogen) atoms. The third-order valence-electron chi connectivity index (χ3n) is 4.34. The molecule has 0 spiro atoms. The summed E-state index contributed by atoms with van der Waals surface area (Å²) in [4.78, 5) is 28.7. The lowest BCUT2D eigenvalue weighted by molar-refractivity contribution is -0.113. The maximum absolute atomic E-state index is 12.2. The van der Waals surface area contributed by atoms with E-state index in [1.54, 1.807) is 42.5 Å². The fraction of sp³-hybridized carbons (Fsp3) is 0.0870. The first-order valence-electron chi connectivity index (χ1n) is 9.21. The van der Waals surface area contributed by atoms with Gasteiger partial charge in [0.05, 0.1) is 16.7 Å². The van der Waals surface area contributed by atoms with Gasteiger partial charge < -0.3 is 9.73 Å². The van der Waals surface area contributed by atoms with E-state index in [-0.39, 0.29) is 11.8 Å². The van der Waals surface area contributed by atoms with Crippen molar-refractivity contribution in [1.82, 2.24) is 4.98 Å². The lowest BCUT2D eigenvalue weighted by Crippen LogP contribution is -2.14. The summed E-state index contributed by atoms with van der Waals surface area (Å²) in [7, 11) is 0. The zero-order valence-electron chi connectivity index (χ0n) is 15.8. The van der Waals surface area contributed by atoms with Gasteiger partial charge in [0.15, 0.2) is 0 Å². The summed E-state index contributed by atoms with van der Waals surface area (Å²) in [6.45, 7) is 0. The van der Waals surface area contributed by atoms with Crippen molar-refractivity contribution in [1.29, 1.82) is 0 Å². The standard InChI is InChI=1S/C23H17ClN2O3S/c24-17-5-3-4-15(12-17)13-30-14-21(27)25-18-10-8-16(9-11-18)22-26-20-7-2-1-6-19(20)23(28)29-22/h1-12H,13-14H2,(H,25,27). The molecule has 0 radical (unpaired) electrons. The van der Waals surface area contributed by atoms with Crippen LogP contribution in [0, 0.1) is 0 Å². The highest BCUT2D eigenvalue weighted by Crippen LogP contribution is 2.21. The molecule has 150 valence electrons. The van der Waals surface area contributed by atoms with Crippen molar-refractivity contribution in [3.63, 3.8) is 0 Å². The highest BCUT2D eigenvalue weighted by Gasteiger charge is 2.09. The van der Waals surface area contributed by atoms with E-state index in [1.165, 1.54) is 11.8 Å². The van der Waals surface area contributed by atoms with Gasteiger partial charge in [-0.3, -0.25) is 4.79 Å². The Morgan fingerprint density at radius 2 is 1.83 bits per heavy atom. The zero-order valence-corrected chi connectivity index (χ0v) is 17.4. The van der Waals surface area contributed by atoms with Crippen LogP contribution >= 0.6 is 23.4 Å². The maximum Gasteiger partial charge on any atom is 0.347 e. The van der Waals surface area contributed by atoms with Crippen LogP contribution in [0.2, 0.25) is 5.02 Å². The van der Waals surface area contributed by atoms with Crippen LogP contribution in [0.15, 0.2) is 82.0 Å². The van der Waals surface area contributed by atoms with E-state index >= 15 is 0 Å². The predicted octanol–water partition coefficient (Wildman–Crippen LogP) is 5.38. The summed E-state index contributed by atoms with van der Waals surface area (Å²) in [5.41, 5.74) is 2.55. The summed E-state index contributed by atoms with van der Waals surface area (Å²) >= 11 is 7.49. The quantitative estimate of drug-likeness (QED) is 0.439. The number of amides is 1. The van der Waals surface area contributed by atoms with Crippen LogP contribution in [-0.2, 0) is 10.5 Å². The summed E-state index contributed by atoms with van der Waals surface area (Å²) < 4.78 is 5.33. The lowest BCUT2D eigenvalue weighted by Gasteiger charge is -2.07. The molecule has 1 N–H and O–H groups in total. The summed E-state index contributed by atoms with van der Waals surface area (Å²) in [6.07, 6.45) is 0. The number of anilines is 1. The van der Waals surface area contributed by atoms with Crippen LogP contribution < -0.4 is 10.9 Å². The van der Waals surface area contributed by atoms with E-state index in [1.807, 2.05) is 30.3 Å². The van der Waals surface area contributed by atoms with Gasteiger partial charge in [0.1, 0.15) is 0 Å². The minimum absolute atomic E-state index is 0.0925. The first kappa shape index (κ1) is 20.2. The Morgan fingerprint density at radius 3 is 2.63 bits per heavy atom. The molecule has 0 fully saturated rings. The lowest BCUT2D eigenvalue weighted by atomic mass is 10.2. The zero-order chi connectivity index (χ0) is 20.9. The topological polar surface area (TPSA) is 72.2 Å². The number of para-hydroxylation sites is 1. The summed E-state index contributed by atoms with van der Waals surface area (Å²) in [5, 5.41) is 3.99. The van der Waals surface area contributed by atoms with Gasteiger partial charge >= 0.3 is 5.63 Å². The average molecular weight is 437 g/mol. The summed E-state index contributed by atoms with van der Waals surface area (Å²) in [5.74, 6) is 1.19. The van der Waals surface area contributed by atoms with E-state index in [9.17, 15) is 9.59 Å². The number of benzene rings is 3. The number of thioether (sulfide) groups is 1. The number of halogens is 1. The second-order valence-corrected chi connectivity index (χ2v) is 7.99. The van der Waals surface area contributed by atoms with Gasteiger partial charge in [0.2, 0.25) is 11.8 Å². The molecule has 0 bridgehead atoms. The highest BCUT2D eigenvalue weighted by atomic mass is 35.5. The molecule has 0 aliphatic heterocycles. The first-order valence-corrected chi connectivity index (χ1v) is 10.7. The van der Waals surface area contributed by atoms with Gasteiger partial charge in [0.25, 0.3) is 0 Å². The van der Waals surface area contributed by atoms with E-state index in [4.69, 9.17) is 16.0 Å². The minimum atomic E-state index is -0.426. The Hall–Kier alpha value is -3.09. The first-order chi connectivity index (χ1) is 14.6. The van der Waals surface area contributed by atoms with Crippen LogP contribution in [0.5, 0.6) is 0 Å². The second kappa shape index (κ2) is 9.15. The van der Waals surface area contributed by atoms with Crippen molar-refractivity contribution in [3.8, 4) is 11.5 Å². The molecule has 0 aliphatic carbocycles. The number of nitrogens with one attached hydrogen (secondary N) is 1. The molecule has 0 atom stereocenters. The molecule has 0 saturated carbocycles. The Morgan fingerprint density at radius 1 is 1.03 bits per heavy atom. The van der Waals surface area contributed by atoms with Crippen LogP contribution in [0.25, 0.3) is 22.4 Å². The van der Waals surface area contributed by atoms with Crippen LogP contribution in [-0.4, -0.2) is 16.6 Å². The number of nitrogens with zero attached hydrogens (tertiary/aromatic N) is 1. The Balaban J connectivity index is 1.38. The number of rotatable bonds is 6. The van der Waals surface area contributed by atoms with Crippen molar-refractivity contribution >= 4 is 45.9 Å². The molecule has 7 heteroatoms. The van der Waals surface area contributed by atoms with Crippen molar-refractivity contribution in [3.05, 3.63) is 93.8 Å². The maximum atomic E-state index is 12.2. The number of hydrogen-bond acceptors (Lipinski definition) is 5. The van der Waals surface area contributed by atoms with Crippen molar-refractivity contribution in [2.24, 2.45) is 0 Å². The molecule has 0 saturated heterocycles. The van der Waals surface area contributed by atoms with E-state index in [0.29, 0.717) is 38.7 Å². The number of fused-ring (bicyclic) bond motifs is 1. The van der Waals surface area contributed by atoms with Gasteiger partial charge in [-0.25, -0.2) is 9.78 Å². The van der Waals surface area contributed by atoms with E-state index < -0.39 is 5.63 Å².